The van der Waals surface area contributed by atoms with E-state index in [1.165, 1.54) is 18.4 Å². The van der Waals surface area contributed by atoms with Crippen molar-refractivity contribution >= 4 is 5.82 Å². The van der Waals surface area contributed by atoms with Gasteiger partial charge in [-0.05, 0) is 44.2 Å². The zero-order valence-corrected chi connectivity index (χ0v) is 12.1. The summed E-state index contributed by atoms with van der Waals surface area (Å²) < 4.78 is 1.97. The Hall–Kier alpha value is -2.42. The minimum Gasteiger partial charge on any atom is -0.362 e. The Bertz CT molecular complexity index is 682. The molecule has 0 aromatic carbocycles. The van der Waals surface area contributed by atoms with Crippen LogP contribution in [-0.2, 0) is 25.9 Å². The lowest BCUT2D eigenvalue weighted by molar-refractivity contribution is 0.667. The van der Waals surface area contributed by atoms with E-state index in [-0.39, 0.29) is 0 Å². The maximum absolute atomic E-state index is 9.31. The summed E-state index contributed by atoms with van der Waals surface area (Å²) in [6.07, 6.45) is 6.10. The molecule has 0 amide bonds. The first kappa shape index (κ1) is 13.6. The number of hydrogen-bond acceptors (Lipinski definition) is 5. The highest BCUT2D eigenvalue weighted by Crippen LogP contribution is 2.24. The van der Waals surface area contributed by atoms with Crippen molar-refractivity contribution in [2.75, 3.05) is 5.32 Å². The molecule has 0 fully saturated rings. The van der Waals surface area contributed by atoms with Gasteiger partial charge in [0.2, 0.25) is 0 Å². The largest absolute Gasteiger partial charge is 0.362 e. The predicted octanol–water partition coefficient (Wildman–Crippen LogP) is 2.06. The van der Waals surface area contributed by atoms with Crippen LogP contribution >= 0.6 is 0 Å². The molecule has 0 aliphatic heterocycles. The molecule has 108 valence electrons. The number of rotatable bonds is 4. The van der Waals surface area contributed by atoms with Crippen LogP contribution in [0.4, 0.5) is 5.82 Å². The number of hydrogen-bond donors (Lipinski definition) is 1. The van der Waals surface area contributed by atoms with E-state index in [9.17, 15) is 5.26 Å². The lowest BCUT2D eigenvalue weighted by Crippen LogP contribution is -2.13. The van der Waals surface area contributed by atoms with E-state index in [0.29, 0.717) is 17.9 Å². The second-order valence-electron chi connectivity index (χ2n) is 5.20. The van der Waals surface area contributed by atoms with E-state index >= 15 is 0 Å². The molecular weight excluding hydrogens is 264 g/mol. The number of nitrogens with one attached hydrogen (secondary N) is 1. The smallest absolute Gasteiger partial charge is 0.152 e. The lowest BCUT2D eigenvalue weighted by Gasteiger charge is -2.17. The Kier molecular flexibility index (Phi) is 3.82. The molecular formula is C15H18N6. The highest BCUT2D eigenvalue weighted by atomic mass is 15.3. The molecule has 2 aromatic rings. The average Bonchev–Trinajstić information content (AvgIpc) is 2.99. The molecule has 1 aliphatic carbocycles. The van der Waals surface area contributed by atoms with Gasteiger partial charge in [-0.25, -0.2) is 4.98 Å². The molecule has 0 radical (unpaired) electrons. The van der Waals surface area contributed by atoms with E-state index in [2.05, 4.69) is 26.6 Å². The van der Waals surface area contributed by atoms with E-state index in [1.54, 1.807) is 6.33 Å². The minimum atomic E-state index is 0.522. The summed E-state index contributed by atoms with van der Waals surface area (Å²) in [5.41, 5.74) is 2.96. The maximum Gasteiger partial charge on any atom is 0.152 e. The van der Waals surface area contributed by atoms with E-state index in [1.807, 2.05) is 17.6 Å². The van der Waals surface area contributed by atoms with Crippen LogP contribution in [0.1, 0.15) is 42.4 Å². The second-order valence-corrected chi connectivity index (χ2v) is 5.20. The van der Waals surface area contributed by atoms with Gasteiger partial charge >= 0.3 is 0 Å². The number of pyridine rings is 1. The molecule has 0 saturated heterocycles. The van der Waals surface area contributed by atoms with Gasteiger partial charge in [0.1, 0.15) is 18.2 Å². The van der Waals surface area contributed by atoms with Crippen LogP contribution in [-0.4, -0.2) is 19.7 Å². The van der Waals surface area contributed by atoms with E-state index in [4.69, 9.17) is 0 Å². The molecule has 0 atom stereocenters. The standard InChI is InChI=1S/C15H18N6/c1-2-21-10-18-20-14(21)9-17-15-12(8-16)7-11-5-3-4-6-13(11)19-15/h7,10H,2-6,9H2,1H3,(H,17,19). The van der Waals surface area contributed by atoms with Crippen LogP contribution in [0, 0.1) is 11.3 Å². The third kappa shape index (κ3) is 2.72. The highest BCUT2D eigenvalue weighted by Gasteiger charge is 2.15. The fourth-order valence-corrected chi connectivity index (χ4v) is 2.70. The fraction of sp³-hybridized carbons (Fsp3) is 0.467. The van der Waals surface area contributed by atoms with Crippen molar-refractivity contribution < 1.29 is 0 Å². The SMILES string of the molecule is CCn1cnnc1CNc1nc2c(cc1C#N)CCCC2. The van der Waals surface area contributed by atoms with Crippen molar-refractivity contribution in [2.45, 2.75) is 45.7 Å². The first-order chi connectivity index (χ1) is 10.3. The first-order valence-corrected chi connectivity index (χ1v) is 7.35. The third-order valence-electron chi connectivity index (χ3n) is 3.87. The molecule has 1 N–H and O–H groups in total. The van der Waals surface area contributed by atoms with Gasteiger partial charge in [0.05, 0.1) is 12.1 Å². The molecule has 0 unspecified atom stereocenters. The number of aromatic nitrogens is 4. The Labute approximate surface area is 123 Å². The summed E-state index contributed by atoms with van der Waals surface area (Å²) in [6, 6.07) is 4.22. The minimum absolute atomic E-state index is 0.522. The van der Waals surface area contributed by atoms with Gasteiger partial charge < -0.3 is 9.88 Å². The van der Waals surface area contributed by atoms with Crippen LogP contribution in [0.5, 0.6) is 0 Å². The molecule has 21 heavy (non-hydrogen) atoms. The number of nitriles is 1. The molecule has 1 aliphatic rings. The van der Waals surface area contributed by atoms with Crippen molar-refractivity contribution in [2.24, 2.45) is 0 Å². The Balaban J connectivity index is 1.83. The van der Waals surface area contributed by atoms with Gasteiger partial charge in [0.25, 0.3) is 0 Å². The molecule has 6 heteroatoms. The second kappa shape index (κ2) is 5.92. The van der Waals surface area contributed by atoms with Crippen LogP contribution in [0.25, 0.3) is 0 Å². The average molecular weight is 282 g/mol. The van der Waals surface area contributed by atoms with Crippen molar-refractivity contribution in [1.29, 1.82) is 5.26 Å². The predicted molar refractivity (Wildman–Crippen MR) is 78.6 cm³/mol. The van der Waals surface area contributed by atoms with Crippen LogP contribution < -0.4 is 5.32 Å². The zero-order chi connectivity index (χ0) is 14.7. The summed E-state index contributed by atoms with van der Waals surface area (Å²) in [5, 5.41) is 20.5. The summed E-state index contributed by atoms with van der Waals surface area (Å²) in [6.45, 7) is 3.39. The molecule has 3 rings (SSSR count). The van der Waals surface area contributed by atoms with Gasteiger partial charge in [-0.1, -0.05) is 0 Å². The maximum atomic E-state index is 9.31. The van der Waals surface area contributed by atoms with Crippen LogP contribution in [0.15, 0.2) is 12.4 Å². The van der Waals surface area contributed by atoms with Crippen molar-refractivity contribution in [3.05, 3.63) is 35.0 Å². The third-order valence-corrected chi connectivity index (χ3v) is 3.87. The molecule has 2 aromatic heterocycles. The number of fused-ring (bicyclic) bond motifs is 1. The first-order valence-electron chi connectivity index (χ1n) is 7.35. The van der Waals surface area contributed by atoms with Gasteiger partial charge in [0.15, 0.2) is 5.82 Å². The quantitative estimate of drug-likeness (QED) is 0.928. The van der Waals surface area contributed by atoms with E-state index in [0.717, 1.165) is 30.9 Å². The monoisotopic (exact) mass is 282 g/mol. The molecule has 0 saturated carbocycles. The zero-order valence-electron chi connectivity index (χ0n) is 12.1. The lowest BCUT2D eigenvalue weighted by atomic mass is 9.95. The Morgan fingerprint density at radius 2 is 2.24 bits per heavy atom. The van der Waals surface area contributed by atoms with Gasteiger partial charge in [-0.2, -0.15) is 5.26 Å². The summed E-state index contributed by atoms with van der Waals surface area (Å²) in [7, 11) is 0. The van der Waals surface area contributed by atoms with Gasteiger partial charge in [0, 0.05) is 12.2 Å². The molecule has 0 bridgehead atoms. The van der Waals surface area contributed by atoms with Crippen molar-refractivity contribution in [3.8, 4) is 6.07 Å². The molecule has 0 spiro atoms. The Morgan fingerprint density at radius 3 is 3.05 bits per heavy atom. The number of aryl methyl sites for hydroxylation is 3. The van der Waals surface area contributed by atoms with Crippen LogP contribution in [0.3, 0.4) is 0 Å². The number of anilines is 1. The van der Waals surface area contributed by atoms with Crippen molar-refractivity contribution in [1.82, 2.24) is 19.7 Å². The molecule has 6 nitrogen and oxygen atoms in total. The number of nitrogens with zero attached hydrogens (tertiary/aromatic N) is 5. The summed E-state index contributed by atoms with van der Waals surface area (Å²) in [4.78, 5) is 4.65. The van der Waals surface area contributed by atoms with E-state index < -0.39 is 0 Å². The Morgan fingerprint density at radius 1 is 1.38 bits per heavy atom. The highest BCUT2D eigenvalue weighted by molar-refractivity contribution is 5.54. The summed E-state index contributed by atoms with van der Waals surface area (Å²) >= 11 is 0. The van der Waals surface area contributed by atoms with Crippen molar-refractivity contribution in [3.63, 3.8) is 0 Å². The summed E-state index contributed by atoms with van der Waals surface area (Å²) in [5.74, 6) is 1.50. The van der Waals surface area contributed by atoms with Crippen LogP contribution in [0.2, 0.25) is 0 Å². The fourth-order valence-electron chi connectivity index (χ4n) is 2.70. The topological polar surface area (TPSA) is 79.4 Å². The molecule has 2 heterocycles. The van der Waals surface area contributed by atoms with Gasteiger partial charge in [-0.15, -0.1) is 10.2 Å². The van der Waals surface area contributed by atoms with Gasteiger partial charge in [-0.3, -0.25) is 0 Å². The normalized spacial score (nSPS) is 13.5.